The minimum absolute atomic E-state index is 1.15. The lowest BCUT2D eigenvalue weighted by Gasteiger charge is -1.92. The van der Waals surface area contributed by atoms with Gasteiger partial charge in [0.05, 0.1) is 0 Å². The topological polar surface area (TPSA) is 15.8 Å². The summed E-state index contributed by atoms with van der Waals surface area (Å²) in [5, 5.41) is 1.27. The van der Waals surface area contributed by atoms with E-state index in [0.29, 0.717) is 0 Å². The number of aromatic nitrogens is 1. The summed E-state index contributed by atoms with van der Waals surface area (Å²) in [5.74, 6) is 0. The van der Waals surface area contributed by atoms with Gasteiger partial charge < -0.3 is 4.98 Å². The first-order valence-electron chi connectivity index (χ1n) is 3.20. The number of hydrogen-bond acceptors (Lipinski definition) is 0. The molecular weight excluding hydrogens is 317 g/mol. The van der Waals surface area contributed by atoms with Crippen LogP contribution < -0.4 is 0 Å². The van der Waals surface area contributed by atoms with Gasteiger partial charge in [-0.1, -0.05) is 22.0 Å². The molecule has 11 heavy (non-hydrogen) atoms. The van der Waals surface area contributed by atoms with Gasteiger partial charge in [-0.05, 0) is 34.7 Å². The van der Waals surface area contributed by atoms with E-state index in [0.717, 1.165) is 4.47 Å². The van der Waals surface area contributed by atoms with Gasteiger partial charge in [-0.15, -0.1) is 0 Å². The van der Waals surface area contributed by atoms with E-state index in [4.69, 9.17) is 0 Å². The van der Waals surface area contributed by atoms with E-state index >= 15 is 0 Å². The van der Waals surface area contributed by atoms with Gasteiger partial charge in [0.2, 0.25) is 0 Å². The van der Waals surface area contributed by atoms with Gasteiger partial charge in [-0.3, -0.25) is 0 Å². The van der Waals surface area contributed by atoms with Gasteiger partial charge in [0.1, 0.15) is 0 Å². The van der Waals surface area contributed by atoms with Crippen LogP contribution in [0.3, 0.4) is 0 Å². The SMILES string of the molecule is Brc1cccc2[nH]cc(I)c12. The van der Waals surface area contributed by atoms with Gasteiger partial charge >= 0.3 is 0 Å². The maximum absolute atomic E-state index is 3.50. The third kappa shape index (κ3) is 1.20. The molecule has 0 aliphatic rings. The Bertz CT molecular complexity index is 394. The smallest absolute Gasteiger partial charge is 0.0476 e. The highest BCUT2D eigenvalue weighted by atomic mass is 127. The molecule has 2 rings (SSSR count). The van der Waals surface area contributed by atoms with Crippen molar-refractivity contribution in [3.8, 4) is 0 Å². The third-order valence-electron chi connectivity index (χ3n) is 1.61. The first kappa shape index (κ1) is 7.61. The second-order valence-corrected chi connectivity index (χ2v) is 4.32. The fourth-order valence-electron chi connectivity index (χ4n) is 1.10. The Morgan fingerprint density at radius 3 is 2.91 bits per heavy atom. The van der Waals surface area contributed by atoms with E-state index in [-0.39, 0.29) is 0 Å². The minimum atomic E-state index is 1.15. The van der Waals surface area contributed by atoms with Crippen LogP contribution >= 0.6 is 38.5 Å². The molecule has 1 aromatic carbocycles. The number of benzene rings is 1. The molecule has 0 aliphatic heterocycles. The van der Waals surface area contributed by atoms with E-state index < -0.39 is 0 Å². The molecule has 0 atom stereocenters. The van der Waals surface area contributed by atoms with Crippen LogP contribution in [0.15, 0.2) is 28.9 Å². The lowest BCUT2D eigenvalue weighted by Crippen LogP contribution is -1.69. The molecule has 2 aromatic rings. The van der Waals surface area contributed by atoms with Crippen molar-refractivity contribution < 1.29 is 0 Å². The van der Waals surface area contributed by atoms with Crippen molar-refractivity contribution >= 4 is 49.4 Å². The number of nitrogens with one attached hydrogen (secondary N) is 1. The van der Waals surface area contributed by atoms with Crippen molar-refractivity contribution in [2.75, 3.05) is 0 Å². The Morgan fingerprint density at radius 2 is 2.18 bits per heavy atom. The Balaban J connectivity index is 2.96. The van der Waals surface area contributed by atoms with Gasteiger partial charge in [-0.25, -0.2) is 0 Å². The quantitative estimate of drug-likeness (QED) is 0.714. The van der Waals surface area contributed by atoms with E-state index in [2.05, 4.69) is 55.6 Å². The highest BCUT2D eigenvalue weighted by Crippen LogP contribution is 2.27. The van der Waals surface area contributed by atoms with Crippen molar-refractivity contribution in [2.45, 2.75) is 0 Å². The highest BCUT2D eigenvalue weighted by molar-refractivity contribution is 14.1. The molecule has 0 spiro atoms. The largest absolute Gasteiger partial charge is 0.360 e. The molecule has 0 fully saturated rings. The first-order valence-corrected chi connectivity index (χ1v) is 5.07. The number of rotatable bonds is 0. The second kappa shape index (κ2) is 2.79. The zero-order valence-electron chi connectivity index (χ0n) is 5.57. The van der Waals surface area contributed by atoms with Crippen LogP contribution in [0, 0.1) is 3.57 Å². The Hall–Kier alpha value is -0.0300. The molecule has 56 valence electrons. The number of halogens is 2. The minimum Gasteiger partial charge on any atom is -0.360 e. The van der Waals surface area contributed by atoms with Crippen molar-refractivity contribution in [3.05, 3.63) is 32.4 Å². The summed E-state index contributed by atoms with van der Waals surface area (Å²) in [6, 6.07) is 6.15. The summed E-state index contributed by atoms with van der Waals surface area (Å²) >= 11 is 5.82. The molecule has 1 N–H and O–H groups in total. The predicted octanol–water partition coefficient (Wildman–Crippen LogP) is 3.54. The van der Waals surface area contributed by atoms with Crippen LogP contribution in [0.1, 0.15) is 0 Å². The maximum atomic E-state index is 3.50. The Morgan fingerprint density at radius 1 is 1.36 bits per heavy atom. The van der Waals surface area contributed by atoms with Crippen molar-refractivity contribution in [1.29, 1.82) is 0 Å². The summed E-state index contributed by atoms with van der Waals surface area (Å²) in [7, 11) is 0. The highest BCUT2D eigenvalue weighted by Gasteiger charge is 2.02. The third-order valence-corrected chi connectivity index (χ3v) is 3.12. The first-order chi connectivity index (χ1) is 5.29. The van der Waals surface area contributed by atoms with Gasteiger partial charge in [0, 0.05) is 25.1 Å². The van der Waals surface area contributed by atoms with Crippen LogP contribution in [0.4, 0.5) is 0 Å². The van der Waals surface area contributed by atoms with E-state index in [9.17, 15) is 0 Å². The van der Waals surface area contributed by atoms with E-state index in [1.54, 1.807) is 0 Å². The molecule has 1 nitrogen and oxygen atoms in total. The van der Waals surface area contributed by atoms with Crippen molar-refractivity contribution in [1.82, 2.24) is 4.98 Å². The number of fused-ring (bicyclic) bond motifs is 1. The molecule has 0 radical (unpaired) electrons. The monoisotopic (exact) mass is 321 g/mol. The molecule has 3 heteroatoms. The molecule has 1 aromatic heterocycles. The molecule has 0 bridgehead atoms. The summed E-state index contributed by atoms with van der Waals surface area (Å²) in [4.78, 5) is 3.19. The van der Waals surface area contributed by atoms with Crippen LogP contribution in [0.25, 0.3) is 10.9 Å². The average Bonchev–Trinajstić information content (AvgIpc) is 2.34. The molecule has 0 aliphatic carbocycles. The Kier molecular flexibility index (Phi) is 1.93. The zero-order valence-corrected chi connectivity index (χ0v) is 9.31. The molecular formula is C8H5BrIN. The number of hydrogen-bond donors (Lipinski definition) is 1. The maximum Gasteiger partial charge on any atom is 0.0476 e. The van der Waals surface area contributed by atoms with Crippen LogP contribution in [0.5, 0.6) is 0 Å². The Labute approximate surface area is 86.5 Å². The molecule has 0 saturated carbocycles. The van der Waals surface area contributed by atoms with Crippen molar-refractivity contribution in [2.24, 2.45) is 0 Å². The van der Waals surface area contributed by atoms with Crippen LogP contribution in [0.2, 0.25) is 0 Å². The lowest BCUT2D eigenvalue weighted by molar-refractivity contribution is 1.47. The lowest BCUT2D eigenvalue weighted by atomic mass is 10.3. The van der Waals surface area contributed by atoms with Crippen LogP contribution in [-0.4, -0.2) is 4.98 Å². The van der Waals surface area contributed by atoms with Gasteiger partial charge in [0.15, 0.2) is 0 Å². The van der Waals surface area contributed by atoms with E-state index in [1.807, 2.05) is 12.3 Å². The summed E-state index contributed by atoms with van der Waals surface area (Å²) in [5.41, 5.74) is 1.18. The molecule has 0 saturated heterocycles. The summed E-state index contributed by atoms with van der Waals surface area (Å²) in [6.45, 7) is 0. The van der Waals surface area contributed by atoms with E-state index in [1.165, 1.54) is 14.5 Å². The fourth-order valence-corrected chi connectivity index (χ4v) is 2.79. The summed E-state index contributed by atoms with van der Waals surface area (Å²) in [6.07, 6.45) is 2.01. The second-order valence-electron chi connectivity index (χ2n) is 2.30. The zero-order chi connectivity index (χ0) is 7.84. The van der Waals surface area contributed by atoms with Crippen molar-refractivity contribution in [3.63, 3.8) is 0 Å². The number of aromatic amines is 1. The van der Waals surface area contributed by atoms with Gasteiger partial charge in [-0.2, -0.15) is 0 Å². The fraction of sp³-hybridized carbons (Fsp3) is 0. The molecule has 1 heterocycles. The standard InChI is InChI=1S/C8H5BrIN/c9-5-2-1-3-7-8(5)6(10)4-11-7/h1-4,11H. The summed E-state index contributed by atoms with van der Waals surface area (Å²) < 4.78 is 2.41. The average molecular weight is 322 g/mol. The number of H-pyrrole nitrogens is 1. The molecule has 0 unspecified atom stereocenters. The van der Waals surface area contributed by atoms with Gasteiger partial charge in [0.25, 0.3) is 0 Å². The van der Waals surface area contributed by atoms with Crippen LogP contribution in [-0.2, 0) is 0 Å². The predicted molar refractivity (Wildman–Crippen MR) is 58.7 cm³/mol. The molecule has 0 amide bonds. The normalized spacial score (nSPS) is 10.7.